The average molecular weight is 408 g/mol. The third kappa shape index (κ3) is 3.58. The van der Waals surface area contributed by atoms with Crippen LogP contribution in [0, 0.1) is 6.92 Å². The summed E-state index contributed by atoms with van der Waals surface area (Å²) in [7, 11) is -2.61. The maximum Gasteiger partial charge on any atom is 0.261 e. The topological polar surface area (TPSA) is 126 Å². The monoisotopic (exact) mass is 407 g/mol. The number of fused-ring (bicyclic) bond motifs is 1. The molecule has 0 radical (unpaired) electrons. The van der Waals surface area contributed by atoms with Crippen LogP contribution in [-0.2, 0) is 0 Å². The summed E-state index contributed by atoms with van der Waals surface area (Å²) in [6.07, 6.45) is 3.91. The van der Waals surface area contributed by atoms with Crippen molar-refractivity contribution in [2.45, 2.75) is 25.4 Å². The van der Waals surface area contributed by atoms with Gasteiger partial charge in [-0.3, -0.25) is 13.9 Å². The predicted molar refractivity (Wildman–Crippen MR) is 107 cm³/mol. The Labute approximate surface area is 161 Å². The van der Waals surface area contributed by atoms with Crippen LogP contribution in [0.4, 0.5) is 0 Å². The van der Waals surface area contributed by atoms with Gasteiger partial charge in [-0.25, -0.2) is 9.50 Å². The molecular formula is C17H21N5O3S2. The van der Waals surface area contributed by atoms with Crippen molar-refractivity contribution in [3.8, 4) is 11.3 Å². The lowest BCUT2D eigenvalue weighted by molar-refractivity contribution is 0.0933. The Morgan fingerprint density at radius 2 is 2.30 bits per heavy atom. The fourth-order valence-corrected chi connectivity index (χ4v) is 5.90. The Morgan fingerprint density at radius 1 is 1.48 bits per heavy atom. The minimum atomic E-state index is -2.61. The number of amides is 1. The summed E-state index contributed by atoms with van der Waals surface area (Å²) < 4.78 is 21.3. The van der Waals surface area contributed by atoms with Crippen LogP contribution in [0.5, 0.6) is 0 Å². The van der Waals surface area contributed by atoms with Crippen molar-refractivity contribution < 1.29 is 13.9 Å². The van der Waals surface area contributed by atoms with Gasteiger partial charge in [0.2, 0.25) is 0 Å². The van der Waals surface area contributed by atoms with E-state index in [1.807, 2.05) is 25.1 Å². The first-order chi connectivity index (χ1) is 12.8. The minimum Gasteiger partial charge on any atom is -0.347 e. The molecule has 0 aromatic carbocycles. The smallest absolute Gasteiger partial charge is 0.261 e. The van der Waals surface area contributed by atoms with Gasteiger partial charge in [-0.2, -0.15) is 15.7 Å². The van der Waals surface area contributed by atoms with E-state index in [1.165, 1.54) is 11.3 Å². The molecule has 5 N–H and O–H groups in total. The van der Waals surface area contributed by atoms with Crippen LogP contribution < -0.4 is 11.1 Å². The number of aryl methyl sites for hydroxylation is 1. The number of carbonyl (C=O) groups is 1. The first-order valence-electron chi connectivity index (χ1n) is 8.54. The molecule has 0 bridgehead atoms. The molecule has 1 aliphatic rings. The Bertz CT molecular complexity index is 1000. The molecule has 2 atom stereocenters. The van der Waals surface area contributed by atoms with Gasteiger partial charge in [0.25, 0.3) is 5.91 Å². The summed E-state index contributed by atoms with van der Waals surface area (Å²) in [4.78, 5) is 18.6. The van der Waals surface area contributed by atoms with Crippen molar-refractivity contribution in [3.63, 3.8) is 0 Å². The fourth-order valence-electron chi connectivity index (χ4n) is 3.32. The maximum absolute atomic E-state index is 12.7. The number of aromatic nitrogens is 3. The lowest BCUT2D eigenvalue weighted by atomic mass is 10.1. The molecule has 0 spiro atoms. The van der Waals surface area contributed by atoms with Gasteiger partial charge in [-0.15, -0.1) is 11.3 Å². The van der Waals surface area contributed by atoms with E-state index in [4.69, 9.17) is 5.73 Å². The summed E-state index contributed by atoms with van der Waals surface area (Å²) in [6.45, 7) is 1.96. The average Bonchev–Trinajstić information content (AvgIpc) is 3.20. The van der Waals surface area contributed by atoms with Crippen LogP contribution in [0.1, 0.15) is 21.0 Å². The number of hydrogen-bond acceptors (Lipinski definition) is 7. The number of rotatable bonds is 3. The number of nitrogens with one attached hydrogen (secondary N) is 1. The predicted octanol–water partition coefficient (Wildman–Crippen LogP) is 2.35. The molecule has 1 aliphatic heterocycles. The molecular weight excluding hydrogens is 386 g/mol. The molecule has 3 aromatic rings. The Hall–Kier alpha value is -1.98. The molecule has 1 saturated heterocycles. The van der Waals surface area contributed by atoms with E-state index in [2.05, 4.69) is 15.4 Å². The van der Waals surface area contributed by atoms with E-state index >= 15 is 0 Å². The van der Waals surface area contributed by atoms with Gasteiger partial charge in [-0.1, -0.05) is 0 Å². The minimum absolute atomic E-state index is 0.125. The van der Waals surface area contributed by atoms with E-state index < -0.39 is 16.6 Å². The number of nitrogens with zero attached hydrogens (tertiary/aromatic N) is 3. The lowest BCUT2D eigenvalue weighted by Crippen LogP contribution is -2.53. The second-order valence-electron chi connectivity index (χ2n) is 6.72. The maximum atomic E-state index is 12.7. The summed E-state index contributed by atoms with van der Waals surface area (Å²) in [6, 6.07) is 4.82. The summed E-state index contributed by atoms with van der Waals surface area (Å²) >= 11 is 1.40. The standard InChI is InChI=1S/C17H21N5O3S2/c1-10-11(14-8-19-16-3-2-5-20-22(14)16)7-15(26-10)17(23)21-13-4-6-27(24,25)9-12(13)18/h2-3,5,7-8,12-13,24-25H,4,6,9,18H2,1H3,(H,21,23). The van der Waals surface area contributed by atoms with Gasteiger partial charge in [0.15, 0.2) is 5.65 Å². The molecule has 1 fully saturated rings. The van der Waals surface area contributed by atoms with E-state index in [9.17, 15) is 13.9 Å². The highest BCUT2D eigenvalue weighted by Gasteiger charge is 2.32. The van der Waals surface area contributed by atoms with Crippen LogP contribution in [0.25, 0.3) is 16.9 Å². The fraction of sp³-hybridized carbons (Fsp3) is 0.353. The van der Waals surface area contributed by atoms with Crippen molar-refractivity contribution >= 4 is 33.5 Å². The van der Waals surface area contributed by atoms with Gasteiger partial charge >= 0.3 is 0 Å². The van der Waals surface area contributed by atoms with Crippen molar-refractivity contribution in [3.05, 3.63) is 40.3 Å². The van der Waals surface area contributed by atoms with Crippen molar-refractivity contribution in [2.75, 3.05) is 11.5 Å². The van der Waals surface area contributed by atoms with E-state index in [1.54, 1.807) is 16.9 Å². The molecule has 8 nitrogen and oxygen atoms in total. The van der Waals surface area contributed by atoms with Crippen LogP contribution in [-0.4, -0.2) is 53.2 Å². The molecule has 27 heavy (non-hydrogen) atoms. The third-order valence-corrected chi connectivity index (χ3v) is 7.60. The second-order valence-corrected chi connectivity index (χ2v) is 10.3. The molecule has 4 heterocycles. The summed E-state index contributed by atoms with van der Waals surface area (Å²) in [5.74, 6) is 0.198. The number of nitrogens with two attached hydrogens (primary N) is 1. The van der Waals surface area contributed by atoms with E-state index in [0.29, 0.717) is 11.3 Å². The zero-order chi connectivity index (χ0) is 19.2. The molecule has 4 rings (SSSR count). The highest BCUT2D eigenvalue weighted by atomic mass is 32.3. The van der Waals surface area contributed by atoms with Crippen molar-refractivity contribution in [1.29, 1.82) is 0 Å². The second kappa shape index (κ2) is 6.88. The molecule has 2 unspecified atom stereocenters. The number of imidazole rings is 1. The van der Waals surface area contributed by atoms with Crippen LogP contribution >= 0.6 is 21.9 Å². The van der Waals surface area contributed by atoms with Crippen LogP contribution in [0.15, 0.2) is 30.6 Å². The van der Waals surface area contributed by atoms with Gasteiger partial charge < -0.3 is 11.1 Å². The highest BCUT2D eigenvalue weighted by Crippen LogP contribution is 2.43. The van der Waals surface area contributed by atoms with Gasteiger partial charge in [-0.05, 0) is 31.5 Å². The third-order valence-electron chi connectivity index (χ3n) is 4.74. The first kappa shape index (κ1) is 18.4. The zero-order valence-corrected chi connectivity index (χ0v) is 16.3. The van der Waals surface area contributed by atoms with Gasteiger partial charge in [0, 0.05) is 34.5 Å². The Balaban J connectivity index is 1.55. The summed E-state index contributed by atoms with van der Waals surface area (Å²) in [5.41, 5.74) is 8.52. The molecule has 0 aliphatic carbocycles. The van der Waals surface area contributed by atoms with E-state index in [-0.39, 0.29) is 23.5 Å². The zero-order valence-electron chi connectivity index (χ0n) is 14.7. The van der Waals surface area contributed by atoms with E-state index in [0.717, 1.165) is 21.8 Å². The number of hydrogen-bond donors (Lipinski definition) is 4. The number of carbonyl (C=O) groups excluding carboxylic acids is 1. The van der Waals surface area contributed by atoms with Gasteiger partial charge in [0.05, 0.1) is 22.5 Å². The SMILES string of the molecule is Cc1sc(C(=O)NC2CCS(O)(O)CC2N)cc1-c1cnc2cccnn12. The Morgan fingerprint density at radius 3 is 3.07 bits per heavy atom. The van der Waals surface area contributed by atoms with Crippen molar-refractivity contribution in [2.24, 2.45) is 5.73 Å². The molecule has 144 valence electrons. The number of thiophene rings is 1. The van der Waals surface area contributed by atoms with Crippen LogP contribution in [0.2, 0.25) is 0 Å². The molecule has 0 saturated carbocycles. The first-order valence-corrected chi connectivity index (χ1v) is 11.2. The normalized spacial score (nSPS) is 23.3. The lowest BCUT2D eigenvalue weighted by Gasteiger charge is -2.42. The molecule has 3 aromatic heterocycles. The molecule has 1 amide bonds. The highest BCUT2D eigenvalue weighted by molar-refractivity contribution is 8.24. The van der Waals surface area contributed by atoms with Gasteiger partial charge in [0.1, 0.15) is 0 Å². The largest absolute Gasteiger partial charge is 0.347 e. The Kier molecular flexibility index (Phi) is 4.68. The van der Waals surface area contributed by atoms with Crippen molar-refractivity contribution in [1.82, 2.24) is 19.9 Å². The quantitative estimate of drug-likeness (QED) is 0.528. The molecule has 10 heteroatoms. The van der Waals surface area contributed by atoms with Crippen LogP contribution in [0.3, 0.4) is 0 Å². The summed E-state index contributed by atoms with van der Waals surface area (Å²) in [5, 5.41) is 7.27.